The van der Waals surface area contributed by atoms with E-state index in [0.29, 0.717) is 16.1 Å². The number of nitrogens with zero attached hydrogens (tertiary/aromatic N) is 1. The lowest BCUT2D eigenvalue weighted by molar-refractivity contribution is -0.123. The molecule has 2 aromatic carbocycles. The molecule has 0 saturated carbocycles. The third kappa shape index (κ3) is 6.65. The van der Waals surface area contributed by atoms with Gasteiger partial charge in [0.2, 0.25) is 5.91 Å². The monoisotopic (exact) mass is 453 g/mol. The van der Waals surface area contributed by atoms with Crippen molar-refractivity contribution in [2.75, 3.05) is 7.05 Å². The van der Waals surface area contributed by atoms with Gasteiger partial charge >= 0.3 is 12.1 Å². The Morgan fingerprint density at radius 2 is 1.65 bits per heavy atom. The maximum Gasteiger partial charge on any atom is 0.430 e. The van der Waals surface area contributed by atoms with E-state index in [2.05, 4.69) is 10.3 Å². The quantitative estimate of drug-likeness (QED) is 0.523. The number of alkyl halides is 3. The van der Waals surface area contributed by atoms with E-state index in [9.17, 15) is 22.8 Å². The van der Waals surface area contributed by atoms with Gasteiger partial charge in [-0.25, -0.2) is 4.79 Å². The first kappa shape index (κ1) is 24.1. The van der Waals surface area contributed by atoms with Crippen molar-refractivity contribution in [1.82, 2.24) is 5.32 Å². The van der Waals surface area contributed by atoms with Gasteiger partial charge in [-0.15, -0.1) is 0 Å². The first-order chi connectivity index (χ1) is 14.5. The van der Waals surface area contributed by atoms with Crippen LogP contribution < -0.4 is 5.32 Å². The Bertz CT molecular complexity index is 988. The molecule has 164 valence electrons. The lowest BCUT2D eigenvalue weighted by atomic mass is 9.91. The number of aliphatic imine (C=N–C) groups is 1. The van der Waals surface area contributed by atoms with Gasteiger partial charge in [-0.05, 0) is 35.4 Å². The summed E-state index contributed by atoms with van der Waals surface area (Å²) in [5.74, 6) is -4.08. The van der Waals surface area contributed by atoms with Crippen LogP contribution in [0.1, 0.15) is 21.5 Å². The van der Waals surface area contributed by atoms with E-state index in [-0.39, 0.29) is 18.5 Å². The van der Waals surface area contributed by atoms with Crippen molar-refractivity contribution in [1.29, 1.82) is 5.41 Å². The number of rotatable bonds is 8. The van der Waals surface area contributed by atoms with Gasteiger partial charge in [0.1, 0.15) is 11.6 Å². The maximum absolute atomic E-state index is 13.5. The van der Waals surface area contributed by atoms with Crippen LogP contribution in [-0.2, 0) is 17.8 Å². The Balaban J connectivity index is 2.22. The van der Waals surface area contributed by atoms with E-state index < -0.39 is 35.4 Å². The molecule has 0 aliphatic heterocycles. The number of halogens is 4. The topological polar surface area (TPSA) is 103 Å². The summed E-state index contributed by atoms with van der Waals surface area (Å²) in [6.07, 6.45) is -5.09. The number of carboxylic acid groups (broad SMARTS) is 1. The highest BCUT2D eigenvalue weighted by atomic mass is 35.5. The molecule has 0 aromatic heterocycles. The van der Waals surface area contributed by atoms with Crippen LogP contribution in [0.5, 0.6) is 0 Å². The second-order valence-corrected chi connectivity index (χ2v) is 7.02. The fourth-order valence-corrected chi connectivity index (χ4v) is 2.97. The largest absolute Gasteiger partial charge is 0.478 e. The molecule has 2 rings (SSSR count). The van der Waals surface area contributed by atoms with Crippen molar-refractivity contribution in [2.24, 2.45) is 10.9 Å². The summed E-state index contributed by atoms with van der Waals surface area (Å²) in [7, 11) is 0.920. The first-order valence-corrected chi connectivity index (χ1v) is 9.36. The Morgan fingerprint density at radius 1 is 1.10 bits per heavy atom. The summed E-state index contributed by atoms with van der Waals surface area (Å²) in [6.45, 7) is -0.141. The third-order valence-corrected chi connectivity index (χ3v) is 4.64. The number of amides is 1. The molecule has 0 aliphatic rings. The molecule has 0 radical (unpaired) electrons. The van der Waals surface area contributed by atoms with E-state index >= 15 is 0 Å². The van der Waals surface area contributed by atoms with Crippen LogP contribution in [0.25, 0.3) is 0 Å². The van der Waals surface area contributed by atoms with Crippen LogP contribution in [-0.4, -0.2) is 41.6 Å². The van der Waals surface area contributed by atoms with Gasteiger partial charge in [0.15, 0.2) is 0 Å². The van der Waals surface area contributed by atoms with Crippen molar-refractivity contribution >= 4 is 34.9 Å². The van der Waals surface area contributed by atoms with Crippen LogP contribution >= 0.6 is 11.6 Å². The fourth-order valence-electron chi connectivity index (χ4n) is 2.85. The minimum absolute atomic E-state index is 0.0372. The lowest BCUT2D eigenvalue weighted by Gasteiger charge is -2.22. The molecule has 0 heterocycles. The number of nitrogens with one attached hydrogen (secondary N) is 2. The molecule has 31 heavy (non-hydrogen) atoms. The molecule has 1 unspecified atom stereocenters. The van der Waals surface area contributed by atoms with Crippen molar-refractivity contribution in [3.63, 3.8) is 0 Å². The zero-order valence-electron chi connectivity index (χ0n) is 16.3. The predicted molar refractivity (Wildman–Crippen MR) is 111 cm³/mol. The van der Waals surface area contributed by atoms with E-state index in [1.54, 1.807) is 24.3 Å². The average molecular weight is 454 g/mol. The highest BCUT2D eigenvalue weighted by molar-refractivity contribution is 6.30. The Kier molecular flexibility index (Phi) is 7.93. The van der Waals surface area contributed by atoms with E-state index in [0.717, 1.165) is 7.05 Å². The molecular formula is C21H19ClF3N3O3. The van der Waals surface area contributed by atoms with E-state index in [1.165, 1.54) is 24.3 Å². The highest BCUT2D eigenvalue weighted by Gasteiger charge is 2.45. The summed E-state index contributed by atoms with van der Waals surface area (Å²) in [5, 5.41) is 19.9. The molecule has 0 saturated heterocycles. The summed E-state index contributed by atoms with van der Waals surface area (Å²) in [4.78, 5) is 26.8. The molecule has 10 heteroatoms. The van der Waals surface area contributed by atoms with E-state index in [4.69, 9.17) is 22.1 Å². The second kappa shape index (κ2) is 10.2. The Morgan fingerprint density at radius 3 is 2.13 bits per heavy atom. The second-order valence-electron chi connectivity index (χ2n) is 6.59. The molecule has 2 aromatic rings. The standard InChI is InChI=1S/C21H19ClF3N3O3/c1-27-18(21(23,24)25)17(16(26)10-12-4-8-15(22)9-5-12)19(29)28-11-13-2-6-14(7-3-13)20(30)31/h2-9,17,26H,10-11H2,1H3,(H,28,29)(H,30,31). The Hall–Kier alpha value is -3.20. The fraction of sp³-hybridized carbons (Fsp3) is 0.238. The van der Waals surface area contributed by atoms with Gasteiger partial charge in [0.05, 0.1) is 5.56 Å². The van der Waals surface area contributed by atoms with Crippen molar-refractivity contribution in [2.45, 2.75) is 19.1 Å². The number of aromatic carboxylic acids is 1. The zero-order valence-corrected chi connectivity index (χ0v) is 17.1. The first-order valence-electron chi connectivity index (χ1n) is 8.98. The van der Waals surface area contributed by atoms with Gasteiger partial charge in [-0.2, -0.15) is 13.2 Å². The zero-order chi connectivity index (χ0) is 23.2. The minimum Gasteiger partial charge on any atom is -0.478 e. The van der Waals surface area contributed by atoms with Crippen molar-refractivity contribution in [3.05, 3.63) is 70.2 Å². The molecular weight excluding hydrogens is 435 g/mol. The normalized spacial score (nSPS) is 12.9. The number of carboxylic acids is 1. The molecule has 0 fully saturated rings. The number of hydrogen-bond donors (Lipinski definition) is 3. The average Bonchev–Trinajstić information content (AvgIpc) is 2.71. The molecule has 6 nitrogen and oxygen atoms in total. The van der Waals surface area contributed by atoms with Gasteiger partial charge in [-0.3, -0.25) is 9.79 Å². The summed E-state index contributed by atoms with van der Waals surface area (Å²) in [6, 6.07) is 11.7. The summed E-state index contributed by atoms with van der Waals surface area (Å²) < 4.78 is 40.5. The number of benzene rings is 2. The van der Waals surface area contributed by atoms with Gasteiger partial charge < -0.3 is 15.8 Å². The van der Waals surface area contributed by atoms with Crippen LogP contribution in [0.3, 0.4) is 0 Å². The molecule has 0 bridgehead atoms. The SMILES string of the molecule is CN=C(C(C(=N)Cc1ccc(Cl)cc1)C(=O)NCc1ccc(C(=O)O)cc1)C(F)(F)F. The van der Waals surface area contributed by atoms with Gasteiger partial charge in [-0.1, -0.05) is 35.9 Å². The van der Waals surface area contributed by atoms with E-state index in [1.807, 2.05) is 0 Å². The molecule has 3 N–H and O–H groups in total. The van der Waals surface area contributed by atoms with Crippen LogP contribution in [0.2, 0.25) is 5.02 Å². The highest BCUT2D eigenvalue weighted by Crippen LogP contribution is 2.25. The molecule has 0 aliphatic carbocycles. The van der Waals surface area contributed by atoms with Crippen molar-refractivity contribution < 1.29 is 27.9 Å². The molecule has 0 spiro atoms. The maximum atomic E-state index is 13.5. The van der Waals surface area contributed by atoms with Gasteiger partial charge in [0, 0.05) is 30.7 Å². The Labute approximate surface area is 181 Å². The predicted octanol–water partition coefficient (Wildman–Crippen LogP) is 4.17. The summed E-state index contributed by atoms with van der Waals surface area (Å²) >= 11 is 5.80. The number of carbonyl (C=O) groups excluding carboxylic acids is 1. The molecule has 1 amide bonds. The van der Waals surface area contributed by atoms with Crippen LogP contribution in [0.15, 0.2) is 53.5 Å². The van der Waals surface area contributed by atoms with Gasteiger partial charge in [0.25, 0.3) is 0 Å². The number of hydrogen-bond acceptors (Lipinski definition) is 4. The minimum atomic E-state index is -4.90. The number of carbonyl (C=O) groups is 2. The summed E-state index contributed by atoms with van der Waals surface area (Å²) in [5.41, 5.74) is -0.795. The smallest absolute Gasteiger partial charge is 0.430 e. The lowest BCUT2D eigenvalue weighted by Crippen LogP contribution is -2.45. The van der Waals surface area contributed by atoms with Crippen molar-refractivity contribution in [3.8, 4) is 0 Å². The van der Waals surface area contributed by atoms with Crippen LogP contribution in [0.4, 0.5) is 13.2 Å². The van der Waals surface area contributed by atoms with Crippen LogP contribution in [0, 0.1) is 11.3 Å². The third-order valence-electron chi connectivity index (χ3n) is 4.39. The molecule has 1 atom stereocenters.